The van der Waals surface area contributed by atoms with Gasteiger partial charge in [0.25, 0.3) is 0 Å². The van der Waals surface area contributed by atoms with Crippen molar-refractivity contribution in [2.75, 3.05) is 0 Å². The Bertz CT molecular complexity index is 920. The maximum atomic E-state index is 4.59. The van der Waals surface area contributed by atoms with Crippen LogP contribution < -0.4 is 28.5 Å². The monoisotopic (exact) mass is 398 g/mol. The van der Waals surface area contributed by atoms with Gasteiger partial charge in [-0.05, 0) is 18.2 Å². The molecule has 0 atom stereocenters. The van der Waals surface area contributed by atoms with Gasteiger partial charge >= 0.3 is 0 Å². The second-order valence-electron chi connectivity index (χ2n) is 5.20. The van der Waals surface area contributed by atoms with Crippen LogP contribution in [0.3, 0.4) is 0 Å². The van der Waals surface area contributed by atoms with Gasteiger partial charge in [0, 0.05) is 28.6 Å². The van der Waals surface area contributed by atoms with Gasteiger partial charge in [-0.1, -0.05) is 42.5 Å². The number of rotatable bonds is 2. The van der Waals surface area contributed by atoms with Crippen molar-refractivity contribution < 1.29 is 28.5 Å². The number of hydrogen-bond acceptors (Lipinski definition) is 1. The van der Waals surface area contributed by atoms with E-state index < -0.39 is 0 Å². The maximum absolute atomic E-state index is 4.59. The molecule has 2 nitrogen and oxygen atoms in total. The molecule has 0 aliphatic carbocycles. The van der Waals surface area contributed by atoms with Crippen molar-refractivity contribution in [1.82, 2.24) is 4.98 Å². The van der Waals surface area contributed by atoms with Crippen LogP contribution in [0.15, 0.2) is 79.1 Å². The fraction of sp³-hybridized carbons (Fsp3) is 0.0526. The molecule has 4 rings (SSSR count). The first-order valence-corrected chi connectivity index (χ1v) is 7.12. The summed E-state index contributed by atoms with van der Waals surface area (Å²) in [6, 6.07) is 23.2. The van der Waals surface area contributed by atoms with Crippen LogP contribution in [-0.2, 0) is 6.54 Å². The molecule has 0 N–H and O–H groups in total. The molecule has 2 aromatic heterocycles. The Morgan fingerprint density at radius 1 is 0.773 bits per heavy atom. The second-order valence-corrected chi connectivity index (χ2v) is 5.20. The molecule has 0 saturated carbocycles. The van der Waals surface area contributed by atoms with E-state index in [4.69, 9.17) is 0 Å². The smallest absolute Gasteiger partial charge is 0.239 e. The van der Waals surface area contributed by atoms with E-state index in [1.54, 1.807) is 0 Å². The zero-order valence-corrected chi connectivity index (χ0v) is 14.1. The average Bonchev–Trinajstić information content (AvgIpc) is 2.56. The number of aromatic nitrogens is 2. The fourth-order valence-electron chi connectivity index (χ4n) is 2.82. The zero-order chi connectivity index (χ0) is 14.1. The van der Waals surface area contributed by atoms with Gasteiger partial charge in [-0.3, -0.25) is 0 Å². The summed E-state index contributed by atoms with van der Waals surface area (Å²) in [4.78, 5) is 4.59. The molecule has 0 amide bonds. The Balaban J connectivity index is 0.00000144. The van der Waals surface area contributed by atoms with E-state index in [1.165, 1.54) is 21.9 Å². The summed E-state index contributed by atoms with van der Waals surface area (Å²) in [6.45, 7) is 0.855. The maximum Gasteiger partial charge on any atom is 0.239 e. The quantitative estimate of drug-likeness (QED) is 0.277. The van der Waals surface area contributed by atoms with Crippen molar-refractivity contribution in [3.8, 4) is 0 Å². The average molecular weight is 398 g/mol. The molecule has 2 heterocycles. The number of nitrogens with zero attached hydrogens (tertiary/aromatic N) is 2. The molecular weight excluding hydrogens is 383 g/mol. The number of pyridine rings is 2. The van der Waals surface area contributed by atoms with E-state index in [-0.39, 0.29) is 24.0 Å². The number of benzene rings is 2. The van der Waals surface area contributed by atoms with Gasteiger partial charge in [0.15, 0.2) is 12.7 Å². The molecule has 0 fully saturated rings. The van der Waals surface area contributed by atoms with Gasteiger partial charge < -0.3 is 24.0 Å². The van der Waals surface area contributed by atoms with Gasteiger partial charge in [0.1, 0.15) is 5.52 Å². The summed E-state index contributed by atoms with van der Waals surface area (Å²) in [7, 11) is 0. The molecular formula is C19H15IN2. The first-order chi connectivity index (χ1) is 10.4. The molecule has 0 unspecified atom stereocenters. The minimum atomic E-state index is 0. The van der Waals surface area contributed by atoms with Crippen molar-refractivity contribution in [3.63, 3.8) is 0 Å². The lowest BCUT2D eigenvalue weighted by molar-refractivity contribution is -0.661. The Labute approximate surface area is 146 Å². The van der Waals surface area contributed by atoms with Crippen LogP contribution in [0.4, 0.5) is 0 Å². The molecule has 0 radical (unpaired) electrons. The number of hydrogen-bond donors (Lipinski definition) is 0. The van der Waals surface area contributed by atoms with Crippen molar-refractivity contribution in [2.24, 2.45) is 0 Å². The number of halogens is 1. The van der Waals surface area contributed by atoms with E-state index in [9.17, 15) is 0 Å². The summed E-state index contributed by atoms with van der Waals surface area (Å²) in [6.07, 6.45) is 3.99. The van der Waals surface area contributed by atoms with Crippen molar-refractivity contribution in [3.05, 3.63) is 84.7 Å². The van der Waals surface area contributed by atoms with E-state index in [0.29, 0.717) is 0 Å². The predicted octanol–water partition coefficient (Wildman–Crippen LogP) is 0.728. The highest BCUT2D eigenvalue weighted by Gasteiger charge is 2.13. The second kappa shape index (κ2) is 6.40. The molecule has 0 bridgehead atoms. The van der Waals surface area contributed by atoms with Gasteiger partial charge in [-0.15, -0.1) is 0 Å². The Morgan fingerprint density at radius 3 is 2.41 bits per heavy atom. The van der Waals surface area contributed by atoms with Gasteiger partial charge in [-0.2, -0.15) is 4.57 Å². The van der Waals surface area contributed by atoms with E-state index in [1.807, 2.05) is 18.3 Å². The molecule has 0 spiro atoms. The van der Waals surface area contributed by atoms with Crippen molar-refractivity contribution in [1.29, 1.82) is 0 Å². The summed E-state index contributed by atoms with van der Waals surface area (Å²) >= 11 is 0. The van der Waals surface area contributed by atoms with Gasteiger partial charge in [0.2, 0.25) is 5.52 Å². The largest absolute Gasteiger partial charge is 1.00 e. The molecule has 4 aromatic rings. The van der Waals surface area contributed by atoms with Gasteiger partial charge in [0.05, 0.1) is 0 Å². The van der Waals surface area contributed by atoms with Crippen LogP contribution in [0.2, 0.25) is 0 Å². The lowest BCUT2D eigenvalue weighted by Crippen LogP contribution is -3.00. The lowest BCUT2D eigenvalue weighted by atomic mass is 10.1. The standard InChI is InChI=1S/C19H15N2.HI/c1-2-6-15(7-3-1)14-21-13-5-9-17-11-10-16-8-4-12-20-18(16)19(17)21;/h1-13H,14H2;1H/q+1;/p-1. The lowest BCUT2D eigenvalue weighted by Gasteiger charge is -2.04. The summed E-state index contributed by atoms with van der Waals surface area (Å²) in [5, 5.41) is 2.40. The highest BCUT2D eigenvalue weighted by atomic mass is 127. The SMILES string of the molecule is [I-].c1ccc(C[n+]2cccc3ccc4cccnc4c32)cc1. The van der Waals surface area contributed by atoms with Crippen LogP contribution in [0.1, 0.15) is 5.56 Å². The molecule has 0 aliphatic heterocycles. The topological polar surface area (TPSA) is 16.8 Å². The zero-order valence-electron chi connectivity index (χ0n) is 12.0. The molecule has 3 heteroatoms. The summed E-state index contributed by atoms with van der Waals surface area (Å²) < 4.78 is 2.28. The van der Waals surface area contributed by atoms with Crippen molar-refractivity contribution in [2.45, 2.75) is 6.54 Å². The summed E-state index contributed by atoms with van der Waals surface area (Å²) in [5.41, 5.74) is 3.55. The fourth-order valence-corrected chi connectivity index (χ4v) is 2.82. The Hall–Kier alpha value is -2.01. The van der Waals surface area contributed by atoms with E-state index in [2.05, 4.69) is 70.3 Å². The predicted molar refractivity (Wildman–Crippen MR) is 85.0 cm³/mol. The van der Waals surface area contributed by atoms with Crippen molar-refractivity contribution >= 4 is 21.8 Å². The minimum absolute atomic E-state index is 0. The van der Waals surface area contributed by atoms with Crippen LogP contribution in [0.25, 0.3) is 21.8 Å². The van der Waals surface area contributed by atoms with Crippen LogP contribution in [0.5, 0.6) is 0 Å². The third kappa shape index (κ3) is 2.68. The van der Waals surface area contributed by atoms with Crippen LogP contribution in [-0.4, -0.2) is 4.98 Å². The third-order valence-corrected chi connectivity index (χ3v) is 3.80. The van der Waals surface area contributed by atoms with E-state index >= 15 is 0 Å². The third-order valence-electron chi connectivity index (χ3n) is 3.80. The first kappa shape index (κ1) is 14.9. The van der Waals surface area contributed by atoms with Crippen LogP contribution >= 0.6 is 0 Å². The summed E-state index contributed by atoms with van der Waals surface area (Å²) in [5.74, 6) is 0. The Kier molecular flexibility index (Phi) is 4.34. The van der Waals surface area contributed by atoms with Crippen LogP contribution in [0, 0.1) is 0 Å². The molecule has 0 saturated heterocycles. The molecule has 22 heavy (non-hydrogen) atoms. The highest BCUT2D eigenvalue weighted by molar-refractivity contribution is 6.00. The number of fused-ring (bicyclic) bond motifs is 3. The first-order valence-electron chi connectivity index (χ1n) is 7.12. The normalized spacial score (nSPS) is 10.5. The molecule has 108 valence electrons. The molecule has 0 aliphatic rings. The van der Waals surface area contributed by atoms with E-state index in [0.717, 1.165) is 12.1 Å². The molecule has 2 aromatic carbocycles. The highest BCUT2D eigenvalue weighted by Crippen LogP contribution is 2.20. The van der Waals surface area contributed by atoms with Gasteiger partial charge in [-0.25, -0.2) is 4.98 Å². The Morgan fingerprint density at radius 2 is 1.55 bits per heavy atom. The minimum Gasteiger partial charge on any atom is -1.00 e.